The molecular formula is C15H25N. The summed E-state index contributed by atoms with van der Waals surface area (Å²) in [6.45, 7) is 9.09. The predicted molar refractivity (Wildman–Crippen MR) is 73.1 cm³/mol. The molecule has 1 nitrogen and oxygen atoms in total. The molecule has 16 heavy (non-hydrogen) atoms. The minimum atomic E-state index is 0.721. The van der Waals surface area contributed by atoms with Gasteiger partial charge in [-0.05, 0) is 47.9 Å². The zero-order valence-electron chi connectivity index (χ0n) is 11.3. The second-order valence-electron chi connectivity index (χ2n) is 5.48. The molecule has 1 N–H and O–H groups in total. The number of anilines is 1. The molecule has 0 amide bonds. The van der Waals surface area contributed by atoms with Crippen LogP contribution in [0.2, 0.25) is 0 Å². The summed E-state index contributed by atoms with van der Waals surface area (Å²) in [5.74, 6) is 1.44. The van der Waals surface area contributed by atoms with E-state index in [1.165, 1.54) is 29.7 Å². The van der Waals surface area contributed by atoms with Crippen LogP contribution in [-0.4, -0.2) is 7.05 Å². The molecule has 0 atom stereocenters. The van der Waals surface area contributed by atoms with Crippen LogP contribution < -0.4 is 5.32 Å². The van der Waals surface area contributed by atoms with E-state index in [0.29, 0.717) is 0 Å². The molecule has 0 aliphatic rings. The largest absolute Gasteiger partial charge is 0.388 e. The van der Waals surface area contributed by atoms with Gasteiger partial charge in [0.25, 0.3) is 0 Å². The Kier molecular flexibility index (Phi) is 4.85. The SMILES string of the molecule is CNc1cc(CC(C)C)cc(CC(C)C)c1. The van der Waals surface area contributed by atoms with Crippen molar-refractivity contribution < 1.29 is 0 Å². The minimum Gasteiger partial charge on any atom is -0.388 e. The normalized spacial score (nSPS) is 11.2. The van der Waals surface area contributed by atoms with Gasteiger partial charge in [-0.2, -0.15) is 0 Å². The van der Waals surface area contributed by atoms with E-state index in [2.05, 4.69) is 51.2 Å². The van der Waals surface area contributed by atoms with Crippen molar-refractivity contribution in [3.05, 3.63) is 29.3 Å². The summed E-state index contributed by atoms with van der Waals surface area (Å²) < 4.78 is 0. The van der Waals surface area contributed by atoms with Crippen molar-refractivity contribution in [3.8, 4) is 0 Å². The third-order valence-corrected chi connectivity index (χ3v) is 2.63. The van der Waals surface area contributed by atoms with Gasteiger partial charge >= 0.3 is 0 Å². The van der Waals surface area contributed by atoms with E-state index in [-0.39, 0.29) is 0 Å². The lowest BCUT2D eigenvalue weighted by Crippen LogP contribution is -2.00. The van der Waals surface area contributed by atoms with E-state index in [9.17, 15) is 0 Å². The highest BCUT2D eigenvalue weighted by atomic mass is 14.8. The first-order chi connectivity index (χ1) is 7.51. The van der Waals surface area contributed by atoms with Crippen LogP contribution in [-0.2, 0) is 12.8 Å². The Bertz CT molecular complexity index is 298. The molecule has 0 fully saturated rings. The fraction of sp³-hybridized carbons (Fsp3) is 0.600. The molecule has 1 heteroatoms. The quantitative estimate of drug-likeness (QED) is 0.785. The summed E-state index contributed by atoms with van der Waals surface area (Å²) in [6.07, 6.45) is 2.33. The summed E-state index contributed by atoms with van der Waals surface area (Å²) in [4.78, 5) is 0. The number of rotatable bonds is 5. The lowest BCUT2D eigenvalue weighted by molar-refractivity contribution is 0.636. The number of hydrogen-bond acceptors (Lipinski definition) is 1. The second-order valence-corrected chi connectivity index (χ2v) is 5.48. The Morgan fingerprint density at radius 3 is 1.62 bits per heavy atom. The van der Waals surface area contributed by atoms with Crippen molar-refractivity contribution in [2.45, 2.75) is 40.5 Å². The Balaban J connectivity index is 2.91. The number of benzene rings is 1. The lowest BCUT2D eigenvalue weighted by Gasteiger charge is -2.12. The van der Waals surface area contributed by atoms with Crippen LogP contribution in [0.1, 0.15) is 38.8 Å². The van der Waals surface area contributed by atoms with Gasteiger partial charge in [-0.25, -0.2) is 0 Å². The van der Waals surface area contributed by atoms with Gasteiger partial charge in [0, 0.05) is 12.7 Å². The van der Waals surface area contributed by atoms with Crippen LogP contribution >= 0.6 is 0 Å². The summed E-state index contributed by atoms with van der Waals surface area (Å²) in [7, 11) is 1.99. The molecular weight excluding hydrogens is 194 g/mol. The van der Waals surface area contributed by atoms with Crippen molar-refractivity contribution in [1.82, 2.24) is 0 Å². The average Bonchev–Trinajstić information content (AvgIpc) is 2.14. The maximum atomic E-state index is 3.25. The molecule has 1 rings (SSSR count). The van der Waals surface area contributed by atoms with Crippen LogP contribution in [0.25, 0.3) is 0 Å². The highest BCUT2D eigenvalue weighted by molar-refractivity contribution is 5.48. The van der Waals surface area contributed by atoms with Crippen molar-refractivity contribution in [1.29, 1.82) is 0 Å². The summed E-state index contributed by atoms with van der Waals surface area (Å²) >= 11 is 0. The molecule has 0 saturated heterocycles. The van der Waals surface area contributed by atoms with Crippen LogP contribution in [0.15, 0.2) is 18.2 Å². The van der Waals surface area contributed by atoms with Crippen LogP contribution in [0.4, 0.5) is 5.69 Å². The van der Waals surface area contributed by atoms with Gasteiger partial charge in [-0.15, -0.1) is 0 Å². The van der Waals surface area contributed by atoms with Gasteiger partial charge in [0.2, 0.25) is 0 Å². The second kappa shape index (κ2) is 5.93. The van der Waals surface area contributed by atoms with E-state index >= 15 is 0 Å². The summed E-state index contributed by atoms with van der Waals surface area (Å²) in [6, 6.07) is 6.90. The summed E-state index contributed by atoms with van der Waals surface area (Å²) in [5, 5.41) is 3.25. The van der Waals surface area contributed by atoms with E-state index < -0.39 is 0 Å². The first-order valence-corrected chi connectivity index (χ1v) is 6.32. The lowest BCUT2D eigenvalue weighted by atomic mass is 9.96. The van der Waals surface area contributed by atoms with Crippen molar-refractivity contribution in [2.24, 2.45) is 11.8 Å². The van der Waals surface area contributed by atoms with E-state index in [1.54, 1.807) is 0 Å². The average molecular weight is 219 g/mol. The third kappa shape index (κ3) is 4.26. The molecule has 0 aliphatic heterocycles. The summed E-state index contributed by atoms with van der Waals surface area (Å²) in [5.41, 5.74) is 4.16. The maximum absolute atomic E-state index is 3.25. The highest BCUT2D eigenvalue weighted by Gasteiger charge is 2.04. The number of hydrogen-bond donors (Lipinski definition) is 1. The zero-order chi connectivity index (χ0) is 12.1. The van der Waals surface area contributed by atoms with Gasteiger partial charge in [-0.1, -0.05) is 33.8 Å². The molecule has 0 spiro atoms. The van der Waals surface area contributed by atoms with E-state index in [4.69, 9.17) is 0 Å². The Hall–Kier alpha value is -0.980. The first kappa shape index (κ1) is 13.1. The van der Waals surface area contributed by atoms with E-state index in [0.717, 1.165) is 11.8 Å². The maximum Gasteiger partial charge on any atom is 0.0343 e. The molecule has 0 radical (unpaired) electrons. The molecule has 1 aromatic carbocycles. The zero-order valence-corrected chi connectivity index (χ0v) is 11.3. The van der Waals surface area contributed by atoms with Gasteiger partial charge in [-0.3, -0.25) is 0 Å². The third-order valence-electron chi connectivity index (χ3n) is 2.63. The molecule has 1 aromatic rings. The molecule has 0 aromatic heterocycles. The standard InChI is InChI=1S/C15H25N/c1-11(2)6-13-8-14(7-12(3)4)10-15(9-13)16-5/h8-12,16H,6-7H2,1-5H3. The molecule has 0 unspecified atom stereocenters. The monoisotopic (exact) mass is 219 g/mol. The Morgan fingerprint density at radius 1 is 0.875 bits per heavy atom. The van der Waals surface area contributed by atoms with Crippen LogP contribution in [0.3, 0.4) is 0 Å². The Morgan fingerprint density at radius 2 is 1.31 bits per heavy atom. The van der Waals surface area contributed by atoms with Gasteiger partial charge < -0.3 is 5.32 Å². The molecule has 90 valence electrons. The minimum absolute atomic E-state index is 0.721. The van der Waals surface area contributed by atoms with Crippen molar-refractivity contribution >= 4 is 5.69 Å². The smallest absolute Gasteiger partial charge is 0.0343 e. The molecule has 0 aliphatic carbocycles. The predicted octanol–water partition coefficient (Wildman–Crippen LogP) is 4.13. The molecule has 0 saturated carbocycles. The van der Waals surface area contributed by atoms with Crippen molar-refractivity contribution in [2.75, 3.05) is 12.4 Å². The van der Waals surface area contributed by atoms with Gasteiger partial charge in [0.1, 0.15) is 0 Å². The van der Waals surface area contributed by atoms with Crippen LogP contribution in [0.5, 0.6) is 0 Å². The fourth-order valence-electron chi connectivity index (χ4n) is 2.09. The molecule has 0 bridgehead atoms. The van der Waals surface area contributed by atoms with Gasteiger partial charge in [0.15, 0.2) is 0 Å². The first-order valence-electron chi connectivity index (χ1n) is 6.32. The van der Waals surface area contributed by atoms with E-state index in [1.807, 2.05) is 7.05 Å². The van der Waals surface area contributed by atoms with Crippen molar-refractivity contribution in [3.63, 3.8) is 0 Å². The Labute approximate surface area is 100 Å². The highest BCUT2D eigenvalue weighted by Crippen LogP contribution is 2.19. The topological polar surface area (TPSA) is 12.0 Å². The molecule has 0 heterocycles. The number of nitrogens with one attached hydrogen (secondary N) is 1. The van der Waals surface area contributed by atoms with Crippen LogP contribution in [0, 0.1) is 11.8 Å². The van der Waals surface area contributed by atoms with Gasteiger partial charge in [0.05, 0.1) is 0 Å². The fourth-order valence-corrected chi connectivity index (χ4v) is 2.09.